The van der Waals surface area contributed by atoms with Crippen molar-refractivity contribution in [2.75, 3.05) is 0 Å². The number of nitrogens with zero attached hydrogens (tertiary/aromatic N) is 1. The normalized spacial score (nSPS) is 11.8. The van der Waals surface area contributed by atoms with Gasteiger partial charge >= 0.3 is 0 Å². The van der Waals surface area contributed by atoms with Gasteiger partial charge in [0.2, 0.25) is 0 Å². The van der Waals surface area contributed by atoms with Gasteiger partial charge in [0.25, 0.3) is 5.56 Å². The van der Waals surface area contributed by atoms with Gasteiger partial charge in [-0.1, -0.05) is 45.9 Å². The molecule has 0 atom stereocenters. The molecule has 0 saturated carbocycles. The van der Waals surface area contributed by atoms with Crippen LogP contribution in [0.1, 0.15) is 39.0 Å². The molecule has 0 unspecified atom stereocenters. The lowest BCUT2D eigenvalue weighted by molar-refractivity contribution is 0.555. The van der Waals surface area contributed by atoms with E-state index in [0.717, 1.165) is 23.4 Å². The Morgan fingerprint density at radius 3 is 2.22 bits per heavy atom. The average molecular weight is 244 g/mol. The molecule has 1 heterocycles. The van der Waals surface area contributed by atoms with E-state index in [0.29, 0.717) is 0 Å². The molecular weight excluding hydrogens is 224 g/mol. The van der Waals surface area contributed by atoms with E-state index in [4.69, 9.17) is 0 Å². The van der Waals surface area contributed by atoms with Crippen molar-refractivity contribution in [2.24, 2.45) is 0 Å². The van der Waals surface area contributed by atoms with E-state index in [1.807, 2.05) is 37.3 Å². The number of aromatic nitrogens is 2. The molecule has 1 aromatic heterocycles. The largest absolute Gasteiger partial charge is 0.294 e. The van der Waals surface area contributed by atoms with Gasteiger partial charge < -0.3 is 0 Å². The summed E-state index contributed by atoms with van der Waals surface area (Å²) >= 11 is 0. The molecule has 3 nitrogen and oxygen atoms in total. The van der Waals surface area contributed by atoms with E-state index in [-0.39, 0.29) is 11.0 Å². The zero-order valence-corrected chi connectivity index (χ0v) is 11.4. The number of nitrogens with one attached hydrogen (secondary N) is 1. The van der Waals surface area contributed by atoms with Crippen LogP contribution in [-0.2, 0) is 11.8 Å². The molecule has 2 aromatic rings. The Labute approximate surface area is 107 Å². The molecule has 96 valence electrons. The summed E-state index contributed by atoms with van der Waals surface area (Å²) in [6.07, 6.45) is 0.752. The van der Waals surface area contributed by atoms with Crippen LogP contribution in [0.3, 0.4) is 0 Å². The molecule has 0 amide bonds. The number of benzene rings is 1. The summed E-state index contributed by atoms with van der Waals surface area (Å²) in [4.78, 5) is 12.4. The summed E-state index contributed by atoms with van der Waals surface area (Å²) in [5, 5.41) is 3.26. The maximum Gasteiger partial charge on any atom is 0.274 e. The fourth-order valence-corrected chi connectivity index (χ4v) is 2.18. The quantitative estimate of drug-likeness (QED) is 0.866. The summed E-state index contributed by atoms with van der Waals surface area (Å²) in [7, 11) is 0. The maximum atomic E-state index is 12.4. The van der Waals surface area contributed by atoms with E-state index in [2.05, 4.69) is 25.9 Å². The van der Waals surface area contributed by atoms with Crippen molar-refractivity contribution in [3.63, 3.8) is 0 Å². The first kappa shape index (κ1) is 12.7. The van der Waals surface area contributed by atoms with Gasteiger partial charge in [0.05, 0.1) is 5.69 Å². The zero-order valence-electron chi connectivity index (χ0n) is 11.4. The first-order chi connectivity index (χ1) is 8.45. The van der Waals surface area contributed by atoms with Gasteiger partial charge in [-0.15, -0.1) is 0 Å². The highest BCUT2D eigenvalue weighted by atomic mass is 16.1. The van der Waals surface area contributed by atoms with E-state index < -0.39 is 0 Å². The molecule has 0 aliphatic rings. The lowest BCUT2D eigenvalue weighted by Crippen LogP contribution is -2.17. The highest BCUT2D eigenvalue weighted by Gasteiger charge is 2.23. The number of para-hydroxylation sites is 1. The maximum absolute atomic E-state index is 12.4. The molecule has 0 spiro atoms. The Kier molecular flexibility index (Phi) is 3.16. The predicted octanol–water partition coefficient (Wildman–Crippen LogP) is 3.03. The van der Waals surface area contributed by atoms with Crippen molar-refractivity contribution in [3.8, 4) is 5.69 Å². The third kappa shape index (κ3) is 2.13. The molecule has 0 aliphatic heterocycles. The third-order valence-electron chi connectivity index (χ3n) is 3.10. The van der Waals surface area contributed by atoms with Crippen LogP contribution in [0.4, 0.5) is 0 Å². The number of aromatic amines is 1. The number of hydrogen-bond donors (Lipinski definition) is 1. The Balaban J connectivity index is 2.66. The molecule has 3 heteroatoms. The van der Waals surface area contributed by atoms with Crippen LogP contribution in [0.2, 0.25) is 0 Å². The highest BCUT2D eigenvalue weighted by molar-refractivity contribution is 5.34. The summed E-state index contributed by atoms with van der Waals surface area (Å²) in [6, 6.07) is 9.69. The van der Waals surface area contributed by atoms with Crippen LogP contribution in [-0.4, -0.2) is 9.78 Å². The van der Waals surface area contributed by atoms with Crippen molar-refractivity contribution in [1.29, 1.82) is 0 Å². The van der Waals surface area contributed by atoms with Crippen molar-refractivity contribution >= 4 is 0 Å². The molecule has 0 bridgehead atoms. The van der Waals surface area contributed by atoms with Gasteiger partial charge in [-0.3, -0.25) is 9.89 Å². The van der Waals surface area contributed by atoms with E-state index in [9.17, 15) is 4.79 Å². The Morgan fingerprint density at radius 1 is 1.17 bits per heavy atom. The Morgan fingerprint density at radius 2 is 1.78 bits per heavy atom. The zero-order chi connectivity index (χ0) is 13.3. The van der Waals surface area contributed by atoms with Crippen molar-refractivity contribution < 1.29 is 0 Å². The minimum Gasteiger partial charge on any atom is -0.294 e. The summed E-state index contributed by atoms with van der Waals surface area (Å²) < 4.78 is 1.64. The average Bonchev–Trinajstić information content (AvgIpc) is 2.67. The fourth-order valence-electron chi connectivity index (χ4n) is 2.18. The van der Waals surface area contributed by atoms with E-state index in [1.165, 1.54) is 0 Å². The second kappa shape index (κ2) is 4.48. The van der Waals surface area contributed by atoms with Crippen LogP contribution < -0.4 is 5.56 Å². The molecule has 0 radical (unpaired) electrons. The van der Waals surface area contributed by atoms with Crippen molar-refractivity contribution in [1.82, 2.24) is 9.78 Å². The van der Waals surface area contributed by atoms with Crippen LogP contribution in [0.5, 0.6) is 0 Å². The molecule has 0 saturated heterocycles. The van der Waals surface area contributed by atoms with Crippen LogP contribution in [0, 0.1) is 0 Å². The molecule has 0 aliphatic carbocycles. The van der Waals surface area contributed by atoms with Crippen LogP contribution >= 0.6 is 0 Å². The summed E-state index contributed by atoms with van der Waals surface area (Å²) in [5.41, 5.74) is 2.80. The second-order valence-corrected chi connectivity index (χ2v) is 5.55. The minimum absolute atomic E-state index is 0.0511. The SMILES string of the molecule is CCc1c(C(C)(C)C)[nH]n(-c2ccccc2)c1=O. The van der Waals surface area contributed by atoms with Gasteiger partial charge in [-0.2, -0.15) is 0 Å². The van der Waals surface area contributed by atoms with Gasteiger partial charge in [-0.05, 0) is 18.6 Å². The topological polar surface area (TPSA) is 37.8 Å². The standard InChI is InChI=1S/C15H20N2O/c1-5-12-13(15(2,3)4)16-17(14(12)18)11-9-7-6-8-10-11/h6-10,16H,5H2,1-4H3. The lowest BCUT2D eigenvalue weighted by Gasteiger charge is -2.17. The molecular formula is C15H20N2O. The minimum atomic E-state index is -0.0511. The van der Waals surface area contributed by atoms with Crippen molar-refractivity contribution in [2.45, 2.75) is 39.5 Å². The molecule has 18 heavy (non-hydrogen) atoms. The monoisotopic (exact) mass is 244 g/mol. The van der Waals surface area contributed by atoms with Gasteiger partial charge in [-0.25, -0.2) is 4.68 Å². The lowest BCUT2D eigenvalue weighted by atomic mass is 9.89. The number of H-pyrrole nitrogens is 1. The molecule has 0 fully saturated rings. The van der Waals surface area contributed by atoms with Crippen molar-refractivity contribution in [3.05, 3.63) is 51.9 Å². The van der Waals surface area contributed by atoms with E-state index in [1.54, 1.807) is 4.68 Å². The van der Waals surface area contributed by atoms with Gasteiger partial charge in [0.15, 0.2) is 0 Å². The van der Waals surface area contributed by atoms with E-state index >= 15 is 0 Å². The highest BCUT2D eigenvalue weighted by Crippen LogP contribution is 2.23. The van der Waals surface area contributed by atoms with Gasteiger partial charge in [0.1, 0.15) is 0 Å². The number of hydrogen-bond acceptors (Lipinski definition) is 1. The first-order valence-electron chi connectivity index (χ1n) is 6.35. The molecule has 1 aromatic carbocycles. The Hall–Kier alpha value is -1.77. The number of rotatable bonds is 2. The Bertz CT molecular complexity index is 585. The third-order valence-corrected chi connectivity index (χ3v) is 3.10. The summed E-state index contributed by atoms with van der Waals surface area (Å²) in [5.74, 6) is 0. The van der Waals surface area contributed by atoms with Crippen LogP contribution in [0.25, 0.3) is 5.69 Å². The fraction of sp³-hybridized carbons (Fsp3) is 0.400. The smallest absolute Gasteiger partial charge is 0.274 e. The summed E-state index contributed by atoms with van der Waals surface area (Å²) in [6.45, 7) is 8.38. The first-order valence-corrected chi connectivity index (χ1v) is 6.35. The molecule has 1 N–H and O–H groups in total. The van der Waals surface area contributed by atoms with Gasteiger partial charge in [0, 0.05) is 16.7 Å². The molecule has 2 rings (SSSR count). The van der Waals surface area contributed by atoms with Crippen LogP contribution in [0.15, 0.2) is 35.1 Å². The second-order valence-electron chi connectivity index (χ2n) is 5.55. The predicted molar refractivity (Wildman–Crippen MR) is 74.5 cm³/mol.